The summed E-state index contributed by atoms with van der Waals surface area (Å²) in [5.74, 6) is 0.812. The van der Waals surface area contributed by atoms with Gasteiger partial charge in [-0.05, 0) is 43.0 Å². The third kappa shape index (κ3) is 5.62. The lowest BCUT2D eigenvalue weighted by Gasteiger charge is -2.30. The second-order valence-corrected chi connectivity index (χ2v) is 10.5. The predicted molar refractivity (Wildman–Crippen MR) is 125 cm³/mol. The Hall–Kier alpha value is -1.89. The van der Waals surface area contributed by atoms with Crippen molar-refractivity contribution in [1.29, 1.82) is 0 Å². The molecule has 5 nitrogen and oxygen atoms in total. The molecule has 0 radical (unpaired) electrons. The van der Waals surface area contributed by atoms with E-state index in [9.17, 15) is 8.42 Å². The molecule has 0 heterocycles. The summed E-state index contributed by atoms with van der Waals surface area (Å²) in [6, 6.07) is 17.4. The number of hydrogen-bond donors (Lipinski definition) is 1. The molecule has 2 aromatic rings. The van der Waals surface area contributed by atoms with Crippen molar-refractivity contribution in [3.05, 3.63) is 60.2 Å². The summed E-state index contributed by atoms with van der Waals surface area (Å²) in [6.45, 7) is 2.87. The van der Waals surface area contributed by atoms with Crippen molar-refractivity contribution >= 4 is 21.6 Å². The number of nitrogens with zero attached hydrogens (tertiary/aromatic N) is 2. The van der Waals surface area contributed by atoms with Crippen LogP contribution in [0, 0.1) is 5.92 Å². The zero-order valence-corrected chi connectivity index (χ0v) is 19.2. The summed E-state index contributed by atoms with van der Waals surface area (Å²) < 4.78 is 29.1. The zero-order valence-electron chi connectivity index (χ0n) is 18.4. The molecule has 1 fully saturated rings. The van der Waals surface area contributed by atoms with E-state index in [1.54, 1.807) is 14.1 Å². The molecule has 0 amide bonds. The molecule has 0 bridgehead atoms. The maximum atomic E-state index is 13.2. The van der Waals surface area contributed by atoms with Gasteiger partial charge in [-0.15, -0.1) is 0 Å². The van der Waals surface area contributed by atoms with Gasteiger partial charge in [0.05, 0.1) is 11.4 Å². The summed E-state index contributed by atoms with van der Waals surface area (Å²) in [4.78, 5) is 0. The SMILES string of the molecule is CC(CC1CCCCC1)NCc1ccccc1N(c1ccccc1)S(=O)(=O)N(C)C. The summed E-state index contributed by atoms with van der Waals surface area (Å²) >= 11 is 0. The number of benzene rings is 2. The van der Waals surface area contributed by atoms with Gasteiger partial charge in [-0.3, -0.25) is 0 Å². The molecular weight excluding hydrogens is 394 g/mol. The Bertz CT molecular complexity index is 894. The van der Waals surface area contributed by atoms with Gasteiger partial charge in [0.1, 0.15) is 0 Å². The molecule has 1 aliphatic carbocycles. The molecule has 6 heteroatoms. The van der Waals surface area contributed by atoms with Gasteiger partial charge in [0.25, 0.3) is 0 Å². The van der Waals surface area contributed by atoms with Crippen LogP contribution < -0.4 is 9.62 Å². The summed E-state index contributed by atoms with van der Waals surface area (Å²) in [6.07, 6.45) is 7.95. The highest BCUT2D eigenvalue weighted by molar-refractivity contribution is 7.90. The van der Waals surface area contributed by atoms with Gasteiger partial charge >= 0.3 is 10.2 Å². The minimum absolute atomic E-state index is 0.400. The van der Waals surface area contributed by atoms with Gasteiger partial charge < -0.3 is 5.32 Å². The van der Waals surface area contributed by atoms with Crippen molar-refractivity contribution in [1.82, 2.24) is 9.62 Å². The fourth-order valence-corrected chi connectivity index (χ4v) is 5.41. The lowest BCUT2D eigenvalue weighted by Crippen LogP contribution is -2.38. The van der Waals surface area contributed by atoms with Crippen molar-refractivity contribution in [3.63, 3.8) is 0 Å². The average molecular weight is 430 g/mol. The molecule has 0 saturated heterocycles. The van der Waals surface area contributed by atoms with Crippen LogP contribution in [0.5, 0.6) is 0 Å². The Morgan fingerprint density at radius 3 is 2.27 bits per heavy atom. The quantitative estimate of drug-likeness (QED) is 0.605. The van der Waals surface area contributed by atoms with Crippen LogP contribution in [0.15, 0.2) is 54.6 Å². The van der Waals surface area contributed by atoms with E-state index in [0.717, 1.165) is 11.5 Å². The van der Waals surface area contributed by atoms with Crippen LogP contribution in [0.4, 0.5) is 11.4 Å². The van der Waals surface area contributed by atoms with E-state index in [4.69, 9.17) is 0 Å². The number of hydrogen-bond acceptors (Lipinski definition) is 3. The van der Waals surface area contributed by atoms with Crippen LogP contribution in [-0.2, 0) is 16.8 Å². The number of nitrogens with one attached hydrogen (secondary N) is 1. The maximum absolute atomic E-state index is 13.2. The summed E-state index contributed by atoms with van der Waals surface area (Å²) in [7, 11) is -0.554. The lowest BCUT2D eigenvalue weighted by atomic mass is 9.85. The molecule has 1 saturated carbocycles. The first kappa shape index (κ1) is 22.8. The van der Waals surface area contributed by atoms with Crippen molar-refractivity contribution in [3.8, 4) is 0 Å². The molecule has 0 aromatic heterocycles. The summed E-state index contributed by atoms with van der Waals surface area (Å²) in [5.41, 5.74) is 2.30. The van der Waals surface area contributed by atoms with E-state index < -0.39 is 10.2 Å². The third-order valence-corrected chi connectivity index (χ3v) is 7.74. The second kappa shape index (κ2) is 10.4. The van der Waals surface area contributed by atoms with Gasteiger partial charge in [0.15, 0.2) is 0 Å². The van der Waals surface area contributed by atoms with Gasteiger partial charge in [-0.25, -0.2) is 4.31 Å². The Labute approximate surface area is 182 Å². The van der Waals surface area contributed by atoms with Crippen LogP contribution in [0.1, 0.15) is 51.0 Å². The number of rotatable bonds is 9. The molecule has 0 aliphatic heterocycles. The van der Waals surface area contributed by atoms with Crippen molar-refractivity contribution in [2.24, 2.45) is 5.92 Å². The van der Waals surface area contributed by atoms with E-state index in [1.165, 1.54) is 47.1 Å². The van der Waals surface area contributed by atoms with E-state index in [0.29, 0.717) is 24.0 Å². The molecule has 1 N–H and O–H groups in total. The first-order valence-corrected chi connectivity index (χ1v) is 12.4. The Morgan fingerprint density at radius 1 is 0.967 bits per heavy atom. The minimum Gasteiger partial charge on any atom is -0.310 e. The summed E-state index contributed by atoms with van der Waals surface area (Å²) in [5, 5.41) is 3.64. The van der Waals surface area contributed by atoms with Crippen molar-refractivity contribution in [2.45, 2.75) is 58.0 Å². The van der Waals surface area contributed by atoms with Crippen molar-refractivity contribution in [2.75, 3.05) is 18.4 Å². The van der Waals surface area contributed by atoms with Gasteiger partial charge in [-0.1, -0.05) is 68.5 Å². The molecule has 1 atom stereocenters. The standard InChI is InChI=1S/C24H35N3O2S/c1-20(18-21-12-6-4-7-13-21)25-19-22-14-10-11-17-24(22)27(30(28,29)26(2)3)23-15-8-5-9-16-23/h5,8-11,14-17,20-21,25H,4,6-7,12-13,18-19H2,1-3H3. The van der Waals surface area contributed by atoms with Crippen LogP contribution in [-0.4, -0.2) is 32.9 Å². The monoisotopic (exact) mass is 429 g/mol. The normalized spacial score (nSPS) is 16.5. The molecule has 3 rings (SSSR count). The largest absolute Gasteiger partial charge is 0.310 e. The van der Waals surface area contributed by atoms with Crippen LogP contribution in [0.2, 0.25) is 0 Å². The lowest BCUT2D eigenvalue weighted by molar-refractivity contribution is 0.305. The van der Waals surface area contributed by atoms with Crippen LogP contribution >= 0.6 is 0 Å². The number of anilines is 2. The highest BCUT2D eigenvalue weighted by atomic mass is 32.2. The predicted octanol–water partition coefficient (Wildman–Crippen LogP) is 5.08. The van der Waals surface area contributed by atoms with Gasteiger partial charge in [0, 0.05) is 26.7 Å². The van der Waals surface area contributed by atoms with Crippen LogP contribution in [0.3, 0.4) is 0 Å². The topological polar surface area (TPSA) is 52.7 Å². The van der Waals surface area contributed by atoms with Gasteiger partial charge in [0.2, 0.25) is 0 Å². The van der Waals surface area contributed by atoms with Gasteiger partial charge in [-0.2, -0.15) is 12.7 Å². The third-order valence-electron chi connectivity index (χ3n) is 5.95. The number of para-hydroxylation sites is 2. The Balaban J connectivity index is 1.82. The molecule has 1 aliphatic rings. The molecule has 30 heavy (non-hydrogen) atoms. The molecule has 2 aromatic carbocycles. The Kier molecular flexibility index (Phi) is 7.92. The second-order valence-electron chi connectivity index (χ2n) is 8.54. The first-order valence-electron chi connectivity index (χ1n) is 11.0. The van der Waals surface area contributed by atoms with Crippen molar-refractivity contribution < 1.29 is 8.42 Å². The van der Waals surface area contributed by atoms with E-state index >= 15 is 0 Å². The van der Waals surface area contributed by atoms with E-state index in [1.807, 2.05) is 54.6 Å². The van der Waals surface area contributed by atoms with E-state index in [2.05, 4.69) is 12.2 Å². The Morgan fingerprint density at radius 2 is 1.60 bits per heavy atom. The molecule has 1 unspecified atom stereocenters. The minimum atomic E-state index is -3.69. The molecule has 164 valence electrons. The highest BCUT2D eigenvalue weighted by Crippen LogP contribution is 2.33. The molecular formula is C24H35N3O2S. The first-order chi connectivity index (χ1) is 14.4. The van der Waals surface area contributed by atoms with Crippen LogP contribution in [0.25, 0.3) is 0 Å². The highest BCUT2D eigenvalue weighted by Gasteiger charge is 2.28. The maximum Gasteiger partial charge on any atom is 0.307 e. The average Bonchev–Trinajstić information content (AvgIpc) is 2.74. The molecule has 0 spiro atoms. The van der Waals surface area contributed by atoms with E-state index in [-0.39, 0.29) is 0 Å². The fourth-order valence-electron chi connectivity index (χ4n) is 4.27. The zero-order chi connectivity index (χ0) is 21.6. The fraction of sp³-hybridized carbons (Fsp3) is 0.500. The smallest absolute Gasteiger partial charge is 0.307 e.